The van der Waals surface area contributed by atoms with Crippen molar-refractivity contribution in [3.05, 3.63) is 222 Å². The number of hydrogen-bond donors (Lipinski definition) is 0. The highest BCUT2D eigenvalue weighted by Gasteiger charge is 2.35. The minimum Gasteiger partial charge on any atom is -0.232 e. The van der Waals surface area contributed by atoms with E-state index in [0.717, 1.165) is 50.4 Å². The molecule has 1 aliphatic heterocycles. The Morgan fingerprint density at radius 3 is 1.57 bits per heavy atom. The Hall–Kier alpha value is -6.90. The lowest BCUT2D eigenvalue weighted by Gasteiger charge is -2.22. The second-order valence-electron chi connectivity index (χ2n) is 15.3. The molecule has 0 aromatic heterocycles. The van der Waals surface area contributed by atoms with Crippen molar-refractivity contribution in [1.82, 2.24) is 0 Å². The van der Waals surface area contributed by atoms with Crippen molar-refractivity contribution in [2.24, 2.45) is 9.98 Å². The first-order chi connectivity index (χ1) is 27.5. The molecule has 0 bridgehead atoms. The summed E-state index contributed by atoms with van der Waals surface area (Å²) in [6.07, 6.45) is 2.91. The normalized spacial score (nSPS) is 14.3. The predicted molar refractivity (Wildman–Crippen MR) is 236 cm³/mol. The van der Waals surface area contributed by atoms with Crippen LogP contribution in [0, 0.1) is 0 Å². The molecule has 0 amide bonds. The van der Waals surface area contributed by atoms with E-state index in [-0.39, 0.29) is 5.41 Å². The van der Waals surface area contributed by atoms with Crippen LogP contribution in [0.25, 0.3) is 61.0 Å². The fourth-order valence-electron chi connectivity index (χ4n) is 8.73. The van der Waals surface area contributed by atoms with Crippen LogP contribution in [0.5, 0.6) is 0 Å². The molecule has 0 fully saturated rings. The minimum absolute atomic E-state index is 0.109. The van der Waals surface area contributed by atoms with Gasteiger partial charge in [0.1, 0.15) is 0 Å². The zero-order chi connectivity index (χ0) is 37.6. The standard InChI is InChI=1S/C54H40N2/c1-54(2)49-28-16-15-25-43(49)44-30-29-40(35-50(44)54)47-33-38-21-9-10-22-39(38)34-48(47)52-32-31-51(45-26-13-11-23-41(45)36-17-5-3-6-18-36)55-53(56-52)46-27-14-12-24-42(46)37-19-7-4-8-20-37/h3-30,32-35H,31H2,1-2H3. The lowest BCUT2D eigenvalue weighted by Crippen LogP contribution is -2.14. The molecule has 266 valence electrons. The molecule has 1 heterocycles. The lowest BCUT2D eigenvalue weighted by molar-refractivity contribution is 0.660. The number of allylic oxidation sites excluding steroid dienone is 1. The number of hydrogen-bond acceptors (Lipinski definition) is 2. The molecule has 2 aliphatic rings. The lowest BCUT2D eigenvalue weighted by atomic mass is 9.81. The molecular formula is C54H40N2. The number of fused-ring (bicyclic) bond motifs is 4. The fourth-order valence-corrected chi connectivity index (χ4v) is 8.73. The summed E-state index contributed by atoms with van der Waals surface area (Å²) in [4.78, 5) is 11.1. The second-order valence-corrected chi connectivity index (χ2v) is 15.3. The highest BCUT2D eigenvalue weighted by Crippen LogP contribution is 2.50. The van der Waals surface area contributed by atoms with Gasteiger partial charge < -0.3 is 0 Å². The van der Waals surface area contributed by atoms with Gasteiger partial charge >= 0.3 is 0 Å². The molecule has 10 rings (SSSR count). The first-order valence-corrected chi connectivity index (χ1v) is 19.5. The van der Waals surface area contributed by atoms with Crippen LogP contribution >= 0.6 is 0 Å². The Kier molecular flexibility index (Phi) is 8.26. The van der Waals surface area contributed by atoms with E-state index in [9.17, 15) is 0 Å². The Labute approximate surface area is 328 Å². The van der Waals surface area contributed by atoms with Gasteiger partial charge in [0.15, 0.2) is 5.84 Å². The van der Waals surface area contributed by atoms with E-state index in [1.807, 2.05) is 0 Å². The summed E-state index contributed by atoms with van der Waals surface area (Å²) >= 11 is 0. The van der Waals surface area contributed by atoms with E-state index >= 15 is 0 Å². The molecule has 0 radical (unpaired) electrons. The molecule has 0 unspecified atom stereocenters. The van der Waals surface area contributed by atoms with Crippen LogP contribution < -0.4 is 0 Å². The monoisotopic (exact) mass is 716 g/mol. The summed E-state index contributed by atoms with van der Waals surface area (Å²) in [5.74, 6) is 0.704. The van der Waals surface area contributed by atoms with Gasteiger partial charge in [0.2, 0.25) is 0 Å². The maximum absolute atomic E-state index is 5.60. The van der Waals surface area contributed by atoms with Crippen molar-refractivity contribution >= 4 is 28.0 Å². The first-order valence-electron chi connectivity index (χ1n) is 19.5. The molecule has 1 aliphatic carbocycles. The first kappa shape index (κ1) is 33.7. The molecule has 2 nitrogen and oxygen atoms in total. The molecule has 0 saturated carbocycles. The molecule has 0 saturated heterocycles. The number of nitrogens with zero attached hydrogens (tertiary/aromatic N) is 2. The van der Waals surface area contributed by atoms with Crippen molar-refractivity contribution in [3.8, 4) is 44.5 Å². The smallest absolute Gasteiger partial charge is 0.160 e. The van der Waals surface area contributed by atoms with Gasteiger partial charge in [-0.2, -0.15) is 0 Å². The number of amidine groups is 1. The third-order valence-electron chi connectivity index (χ3n) is 11.6. The van der Waals surface area contributed by atoms with Gasteiger partial charge in [0.05, 0.1) is 11.4 Å². The average molecular weight is 717 g/mol. The predicted octanol–water partition coefficient (Wildman–Crippen LogP) is 13.8. The van der Waals surface area contributed by atoms with Crippen LogP contribution in [0.15, 0.2) is 204 Å². The zero-order valence-corrected chi connectivity index (χ0v) is 31.6. The van der Waals surface area contributed by atoms with E-state index in [4.69, 9.17) is 9.98 Å². The summed E-state index contributed by atoms with van der Waals surface area (Å²) in [6, 6.07) is 67.6. The van der Waals surface area contributed by atoms with E-state index in [0.29, 0.717) is 12.3 Å². The second kappa shape index (κ2) is 13.7. The SMILES string of the molecule is CC1(C)c2ccccc2-c2ccc(-c3cc4ccccc4cc3C3=CCC(c4ccccc4-c4ccccc4)=NC(c4ccccc4-c4ccccc4)=N3)cc21. The molecule has 0 N–H and O–H groups in total. The van der Waals surface area contributed by atoms with Gasteiger partial charge in [-0.05, 0) is 84.6 Å². The van der Waals surface area contributed by atoms with E-state index in [1.165, 1.54) is 44.2 Å². The number of benzene rings is 8. The maximum atomic E-state index is 5.60. The van der Waals surface area contributed by atoms with E-state index < -0.39 is 0 Å². The topological polar surface area (TPSA) is 24.7 Å². The molecule has 56 heavy (non-hydrogen) atoms. The molecule has 8 aromatic carbocycles. The molecule has 2 heteroatoms. The third kappa shape index (κ3) is 5.82. The number of rotatable bonds is 6. The zero-order valence-electron chi connectivity index (χ0n) is 31.6. The van der Waals surface area contributed by atoms with Crippen LogP contribution in [0.1, 0.15) is 48.1 Å². The van der Waals surface area contributed by atoms with Gasteiger partial charge in [0.25, 0.3) is 0 Å². The number of aliphatic imine (C=N–C) groups is 2. The summed E-state index contributed by atoms with van der Waals surface area (Å²) in [5.41, 5.74) is 17.3. The van der Waals surface area contributed by atoms with Crippen LogP contribution in [0.4, 0.5) is 0 Å². The maximum Gasteiger partial charge on any atom is 0.160 e. The Bertz CT molecular complexity index is 2890. The summed E-state index contributed by atoms with van der Waals surface area (Å²) in [7, 11) is 0. The molecule has 8 aromatic rings. The van der Waals surface area contributed by atoms with Crippen molar-refractivity contribution in [1.29, 1.82) is 0 Å². The largest absolute Gasteiger partial charge is 0.232 e. The van der Waals surface area contributed by atoms with Crippen molar-refractivity contribution < 1.29 is 0 Å². The van der Waals surface area contributed by atoms with Gasteiger partial charge in [-0.15, -0.1) is 0 Å². The molecular weight excluding hydrogens is 677 g/mol. The third-order valence-corrected chi connectivity index (χ3v) is 11.6. The van der Waals surface area contributed by atoms with Gasteiger partial charge in [-0.3, -0.25) is 0 Å². The summed E-state index contributed by atoms with van der Waals surface area (Å²) in [5, 5.41) is 2.39. The van der Waals surface area contributed by atoms with Crippen LogP contribution in [-0.2, 0) is 5.41 Å². The molecule has 0 spiro atoms. The van der Waals surface area contributed by atoms with Crippen molar-refractivity contribution in [3.63, 3.8) is 0 Å². The van der Waals surface area contributed by atoms with Crippen LogP contribution in [-0.4, -0.2) is 11.5 Å². The van der Waals surface area contributed by atoms with E-state index in [2.05, 4.69) is 208 Å². The Morgan fingerprint density at radius 1 is 0.375 bits per heavy atom. The summed E-state index contributed by atoms with van der Waals surface area (Å²) in [6.45, 7) is 4.70. The van der Waals surface area contributed by atoms with E-state index in [1.54, 1.807) is 0 Å². The highest BCUT2D eigenvalue weighted by atomic mass is 14.9. The quantitative estimate of drug-likeness (QED) is 0.164. The average Bonchev–Trinajstić information content (AvgIpc) is 3.36. The van der Waals surface area contributed by atoms with Gasteiger partial charge in [0, 0.05) is 28.5 Å². The van der Waals surface area contributed by atoms with Crippen LogP contribution in [0.3, 0.4) is 0 Å². The Balaban J connectivity index is 1.19. The van der Waals surface area contributed by atoms with Crippen LogP contribution in [0.2, 0.25) is 0 Å². The van der Waals surface area contributed by atoms with Crippen molar-refractivity contribution in [2.75, 3.05) is 0 Å². The highest BCUT2D eigenvalue weighted by molar-refractivity contribution is 6.19. The van der Waals surface area contributed by atoms with Gasteiger partial charge in [-0.25, -0.2) is 9.98 Å². The summed E-state index contributed by atoms with van der Waals surface area (Å²) < 4.78 is 0. The Morgan fingerprint density at radius 2 is 0.893 bits per heavy atom. The minimum atomic E-state index is -0.109. The van der Waals surface area contributed by atoms with Gasteiger partial charge in [-0.1, -0.05) is 190 Å². The van der Waals surface area contributed by atoms with Crippen molar-refractivity contribution in [2.45, 2.75) is 25.7 Å². The fraction of sp³-hybridized carbons (Fsp3) is 0.0741. The molecule has 0 atom stereocenters.